The zero-order valence-electron chi connectivity index (χ0n) is 25.4. The average Bonchev–Trinajstić information content (AvgIpc) is 3.53. The first-order valence-corrected chi connectivity index (χ1v) is 15.3. The molecule has 4 rings (SSSR count). The monoisotopic (exact) mass is 579 g/mol. The molecule has 40 heavy (non-hydrogen) atoms. The number of benzene rings is 1. The lowest BCUT2D eigenvalue weighted by molar-refractivity contribution is -0.156. The minimum atomic E-state index is -2.75. The van der Waals surface area contributed by atoms with Crippen LogP contribution in [0.4, 0.5) is 8.78 Å². The Hall–Kier alpha value is -1.73. The van der Waals surface area contributed by atoms with Gasteiger partial charge in [-0.15, -0.1) is 0 Å². The van der Waals surface area contributed by atoms with E-state index in [0.717, 1.165) is 37.8 Å². The quantitative estimate of drug-likeness (QED) is 0.370. The van der Waals surface area contributed by atoms with Crippen molar-refractivity contribution in [3.8, 4) is 0 Å². The number of carbonyl (C=O) groups excluding carboxylic acids is 2. The van der Waals surface area contributed by atoms with Gasteiger partial charge in [0.05, 0.1) is 12.0 Å². The van der Waals surface area contributed by atoms with Crippen LogP contribution in [0.2, 0.25) is 5.02 Å². The van der Waals surface area contributed by atoms with Crippen LogP contribution in [0, 0.1) is 16.7 Å². The maximum atomic E-state index is 14.1. The van der Waals surface area contributed by atoms with Crippen molar-refractivity contribution in [2.24, 2.45) is 16.7 Å². The summed E-state index contributed by atoms with van der Waals surface area (Å²) in [5.74, 6) is -0.555. The molecule has 2 saturated heterocycles. The van der Waals surface area contributed by atoms with E-state index in [2.05, 4.69) is 39.5 Å². The Balaban J connectivity index is 1.56. The van der Waals surface area contributed by atoms with Crippen LogP contribution in [0.25, 0.3) is 0 Å². The van der Waals surface area contributed by atoms with E-state index in [4.69, 9.17) is 11.6 Å². The minimum absolute atomic E-state index is 0.0409. The number of carbonyl (C=O) groups is 2. The lowest BCUT2D eigenvalue weighted by atomic mass is 9.74. The van der Waals surface area contributed by atoms with Gasteiger partial charge < -0.3 is 9.80 Å². The molecule has 2 heterocycles. The van der Waals surface area contributed by atoms with Gasteiger partial charge in [0.25, 0.3) is 6.43 Å². The molecule has 1 unspecified atom stereocenters. The molecule has 8 heteroatoms. The third-order valence-electron chi connectivity index (χ3n) is 9.79. The van der Waals surface area contributed by atoms with Crippen LogP contribution < -0.4 is 0 Å². The summed E-state index contributed by atoms with van der Waals surface area (Å²) in [7, 11) is 0. The SMILES string of the molecule is CC1(C)CCC(N(C(=O)C(C)(C)C(F)F)[C@H]2CCN(C(=O)C3CN(C(C)(C)C)C[C@H]3c3ccc(Cl)cc3)C2)CC1. The van der Waals surface area contributed by atoms with Crippen molar-refractivity contribution >= 4 is 23.4 Å². The number of nitrogens with zero attached hydrogens (tertiary/aromatic N) is 3. The van der Waals surface area contributed by atoms with Gasteiger partial charge >= 0.3 is 0 Å². The summed E-state index contributed by atoms with van der Waals surface area (Å²) < 4.78 is 28.1. The molecule has 3 atom stereocenters. The van der Waals surface area contributed by atoms with E-state index in [1.165, 1.54) is 13.8 Å². The van der Waals surface area contributed by atoms with Gasteiger partial charge in [0.2, 0.25) is 11.8 Å². The predicted molar refractivity (Wildman–Crippen MR) is 157 cm³/mol. The largest absolute Gasteiger partial charge is 0.340 e. The summed E-state index contributed by atoms with van der Waals surface area (Å²) in [6.45, 7) is 16.1. The van der Waals surface area contributed by atoms with Crippen molar-refractivity contribution < 1.29 is 18.4 Å². The van der Waals surface area contributed by atoms with Gasteiger partial charge in [-0.1, -0.05) is 37.6 Å². The van der Waals surface area contributed by atoms with Gasteiger partial charge in [-0.25, -0.2) is 8.78 Å². The fourth-order valence-corrected chi connectivity index (χ4v) is 6.90. The normalized spacial score (nSPS) is 26.5. The van der Waals surface area contributed by atoms with E-state index in [0.29, 0.717) is 31.1 Å². The fraction of sp³-hybridized carbons (Fsp3) is 0.750. The second kappa shape index (κ2) is 11.5. The summed E-state index contributed by atoms with van der Waals surface area (Å²) in [6, 6.07) is 7.49. The standard InChI is InChI=1S/C32H48ClF2N3O2/c1-30(2,3)37-19-25(21-8-10-22(33)11-9-21)26(20-37)27(39)36-17-14-24(18-36)38(29(40)32(6,7)28(34)35)23-12-15-31(4,5)16-13-23/h8-11,23-26,28H,12-20H2,1-7H3/t24-,25-,26?/m0/s1. The van der Waals surface area contributed by atoms with Crippen LogP contribution in [0.5, 0.6) is 0 Å². The van der Waals surface area contributed by atoms with Crippen LogP contribution in [0.1, 0.15) is 92.1 Å². The molecule has 224 valence electrons. The van der Waals surface area contributed by atoms with Crippen molar-refractivity contribution in [3.63, 3.8) is 0 Å². The number of alkyl halides is 2. The van der Waals surface area contributed by atoms with Gasteiger partial charge in [0.1, 0.15) is 5.41 Å². The van der Waals surface area contributed by atoms with Crippen LogP contribution >= 0.6 is 11.6 Å². The zero-order valence-corrected chi connectivity index (χ0v) is 26.1. The van der Waals surface area contributed by atoms with Gasteiger partial charge in [0.15, 0.2) is 0 Å². The molecule has 0 bridgehead atoms. The Morgan fingerprint density at radius 2 is 1.55 bits per heavy atom. The Labute approximate surface area is 244 Å². The van der Waals surface area contributed by atoms with Gasteiger partial charge in [-0.3, -0.25) is 14.5 Å². The highest BCUT2D eigenvalue weighted by atomic mass is 35.5. The van der Waals surface area contributed by atoms with Gasteiger partial charge in [-0.05, 0) is 89.8 Å². The number of hydrogen-bond donors (Lipinski definition) is 0. The summed E-state index contributed by atoms with van der Waals surface area (Å²) in [5, 5.41) is 0.669. The second-order valence-electron chi connectivity index (χ2n) is 14.7. The Morgan fingerprint density at radius 3 is 2.10 bits per heavy atom. The maximum Gasteiger partial charge on any atom is 0.252 e. The summed E-state index contributed by atoms with van der Waals surface area (Å²) >= 11 is 6.16. The highest BCUT2D eigenvalue weighted by Crippen LogP contribution is 2.42. The van der Waals surface area contributed by atoms with Crippen LogP contribution in [0.15, 0.2) is 24.3 Å². The summed E-state index contributed by atoms with van der Waals surface area (Å²) in [6.07, 6.45) is 1.41. The molecule has 0 aromatic heterocycles. The molecule has 2 amide bonds. The minimum Gasteiger partial charge on any atom is -0.340 e. The third-order valence-corrected chi connectivity index (χ3v) is 10.0. The van der Waals surface area contributed by atoms with Crippen molar-refractivity contribution in [3.05, 3.63) is 34.9 Å². The first kappa shape index (κ1) is 31.2. The van der Waals surface area contributed by atoms with E-state index in [1.54, 1.807) is 4.90 Å². The first-order chi connectivity index (χ1) is 18.5. The van der Waals surface area contributed by atoms with Crippen molar-refractivity contribution in [1.82, 2.24) is 14.7 Å². The van der Waals surface area contributed by atoms with E-state index < -0.39 is 17.7 Å². The van der Waals surface area contributed by atoms with E-state index >= 15 is 0 Å². The molecule has 1 aromatic carbocycles. The maximum absolute atomic E-state index is 14.1. The summed E-state index contributed by atoms with van der Waals surface area (Å²) in [5.41, 5.74) is -0.542. The Morgan fingerprint density at radius 1 is 0.950 bits per heavy atom. The predicted octanol–water partition coefficient (Wildman–Crippen LogP) is 6.84. The molecule has 3 aliphatic rings. The lowest BCUT2D eigenvalue weighted by Crippen LogP contribution is -2.56. The zero-order chi connectivity index (χ0) is 29.6. The smallest absolute Gasteiger partial charge is 0.252 e. The molecular formula is C32H48ClF2N3O2. The van der Waals surface area contributed by atoms with E-state index in [9.17, 15) is 18.4 Å². The first-order valence-electron chi connectivity index (χ1n) is 14.9. The summed E-state index contributed by atoms with van der Waals surface area (Å²) in [4.78, 5) is 33.9. The topological polar surface area (TPSA) is 43.9 Å². The number of rotatable bonds is 6. The molecule has 1 aliphatic carbocycles. The highest BCUT2D eigenvalue weighted by molar-refractivity contribution is 6.30. The lowest BCUT2D eigenvalue weighted by Gasteiger charge is -2.45. The molecule has 1 aromatic rings. The van der Waals surface area contributed by atoms with Gasteiger partial charge in [-0.2, -0.15) is 0 Å². The number of likely N-dealkylation sites (tertiary alicyclic amines) is 2. The molecule has 2 aliphatic heterocycles. The highest BCUT2D eigenvalue weighted by Gasteiger charge is 2.49. The van der Waals surface area contributed by atoms with E-state index in [-0.39, 0.29) is 40.8 Å². The fourth-order valence-electron chi connectivity index (χ4n) is 6.77. The molecule has 0 radical (unpaired) electrons. The molecule has 5 nitrogen and oxygen atoms in total. The van der Waals surface area contributed by atoms with Crippen molar-refractivity contribution in [2.75, 3.05) is 26.2 Å². The molecular weight excluding hydrogens is 532 g/mol. The van der Waals surface area contributed by atoms with Crippen LogP contribution in [-0.2, 0) is 9.59 Å². The van der Waals surface area contributed by atoms with Crippen LogP contribution in [0.3, 0.4) is 0 Å². The number of hydrogen-bond acceptors (Lipinski definition) is 3. The van der Waals surface area contributed by atoms with Gasteiger partial charge in [0, 0.05) is 48.7 Å². The Kier molecular flexibility index (Phi) is 8.98. The molecule has 3 fully saturated rings. The second-order valence-corrected chi connectivity index (χ2v) is 15.1. The average molecular weight is 580 g/mol. The number of amides is 2. The molecule has 0 spiro atoms. The van der Waals surface area contributed by atoms with E-state index in [1.807, 2.05) is 29.2 Å². The van der Waals surface area contributed by atoms with Crippen LogP contribution in [-0.4, -0.2) is 76.7 Å². The molecule has 1 saturated carbocycles. The third kappa shape index (κ3) is 6.51. The Bertz CT molecular complexity index is 1060. The molecule has 0 N–H and O–H groups in total. The van der Waals surface area contributed by atoms with Crippen molar-refractivity contribution in [2.45, 2.75) is 111 Å². The number of halogens is 3. The van der Waals surface area contributed by atoms with Crippen molar-refractivity contribution in [1.29, 1.82) is 0 Å².